The van der Waals surface area contributed by atoms with Crippen LogP contribution in [0.25, 0.3) is 0 Å². The van der Waals surface area contributed by atoms with E-state index in [2.05, 4.69) is 5.32 Å². The number of nitrogens with one attached hydrogen (secondary N) is 1. The molecule has 0 aromatic carbocycles. The highest BCUT2D eigenvalue weighted by Crippen LogP contribution is 1.71. The summed E-state index contributed by atoms with van der Waals surface area (Å²) < 4.78 is 0. The van der Waals surface area contributed by atoms with Crippen LogP contribution in [0, 0.1) is 0 Å². The van der Waals surface area contributed by atoms with Crippen LogP contribution in [-0.4, -0.2) is 18.8 Å². The molecule has 0 aliphatic carbocycles. The van der Waals surface area contributed by atoms with Gasteiger partial charge in [0, 0.05) is 0 Å². The van der Waals surface area contributed by atoms with Crippen LogP contribution in [0.4, 0.5) is 0 Å². The fourth-order valence-electron chi connectivity index (χ4n) is 0.139. The summed E-state index contributed by atoms with van der Waals surface area (Å²) in [6.07, 6.45) is 0. The lowest BCUT2D eigenvalue weighted by Gasteiger charge is -1.82. The lowest BCUT2D eigenvalue weighted by Crippen LogP contribution is -2.13. The molecule has 0 amide bonds. The Labute approximate surface area is 41.5 Å². The summed E-state index contributed by atoms with van der Waals surface area (Å²) >= 11 is 4.88. The first kappa shape index (κ1) is 5.92. The lowest BCUT2D eigenvalue weighted by molar-refractivity contribution is -0.110. The number of hydrogen-bond acceptors (Lipinski definition) is 2. The first-order valence-corrected chi connectivity index (χ1v) is 1.98. The molecule has 0 rings (SSSR count). The van der Waals surface area contributed by atoms with Crippen LogP contribution in [0.5, 0.6) is 0 Å². The summed E-state index contributed by atoms with van der Waals surface area (Å²) in [7, 11) is 1.67. The fourth-order valence-corrected chi connectivity index (χ4v) is 0.273. The summed E-state index contributed by atoms with van der Waals surface area (Å²) in [4.78, 5) is 9.75. The SMILES string of the molecule is CNCC(=O)Cl. The maximum absolute atomic E-state index is 9.75. The summed E-state index contributed by atoms with van der Waals surface area (Å²) in [5, 5.41) is 2.24. The molecule has 1 N–H and O–H groups in total. The van der Waals surface area contributed by atoms with Gasteiger partial charge in [0.2, 0.25) is 5.24 Å². The summed E-state index contributed by atoms with van der Waals surface area (Å²) in [5.41, 5.74) is 0. The van der Waals surface area contributed by atoms with E-state index in [1.165, 1.54) is 0 Å². The van der Waals surface area contributed by atoms with E-state index in [-0.39, 0.29) is 11.8 Å². The quantitative estimate of drug-likeness (QED) is 0.502. The minimum atomic E-state index is -0.350. The van der Waals surface area contributed by atoms with Crippen molar-refractivity contribution in [3.05, 3.63) is 0 Å². The van der Waals surface area contributed by atoms with Crippen molar-refractivity contribution in [2.24, 2.45) is 0 Å². The molecule has 0 fully saturated rings. The normalized spacial score (nSPS) is 8.33. The van der Waals surface area contributed by atoms with Crippen molar-refractivity contribution < 1.29 is 4.79 Å². The molecule has 0 aliphatic rings. The summed E-state index contributed by atoms with van der Waals surface area (Å²) in [5.74, 6) is 0. The molecule has 0 bridgehead atoms. The molecule has 6 heavy (non-hydrogen) atoms. The van der Waals surface area contributed by atoms with Crippen LogP contribution in [0.3, 0.4) is 0 Å². The molecule has 0 heterocycles. The molecule has 0 atom stereocenters. The van der Waals surface area contributed by atoms with Gasteiger partial charge in [-0.05, 0) is 18.6 Å². The maximum Gasteiger partial charge on any atom is 0.235 e. The van der Waals surface area contributed by atoms with Gasteiger partial charge in [-0.3, -0.25) is 4.79 Å². The van der Waals surface area contributed by atoms with Crippen LogP contribution >= 0.6 is 11.6 Å². The van der Waals surface area contributed by atoms with Gasteiger partial charge in [0.25, 0.3) is 0 Å². The third kappa shape index (κ3) is 3.92. The minimum absolute atomic E-state index is 0.252. The number of likely N-dealkylation sites (N-methyl/N-ethyl adjacent to an activating group) is 1. The van der Waals surface area contributed by atoms with Gasteiger partial charge in [0.15, 0.2) is 0 Å². The Morgan fingerprint density at radius 2 is 2.50 bits per heavy atom. The second kappa shape index (κ2) is 3.12. The topological polar surface area (TPSA) is 29.1 Å². The predicted molar refractivity (Wildman–Crippen MR) is 24.8 cm³/mol. The molecule has 2 nitrogen and oxygen atoms in total. The molecule has 0 aromatic heterocycles. The van der Waals surface area contributed by atoms with Gasteiger partial charge in [0.1, 0.15) is 0 Å². The van der Waals surface area contributed by atoms with E-state index in [1.807, 2.05) is 0 Å². The van der Waals surface area contributed by atoms with Crippen LogP contribution in [0.15, 0.2) is 0 Å². The Kier molecular flexibility index (Phi) is 3.08. The molecular weight excluding hydrogens is 101 g/mol. The van der Waals surface area contributed by atoms with Crippen molar-refractivity contribution in [2.45, 2.75) is 0 Å². The third-order valence-corrected chi connectivity index (χ3v) is 0.449. The Hall–Kier alpha value is -0.0800. The zero-order chi connectivity index (χ0) is 4.99. The van der Waals surface area contributed by atoms with E-state index >= 15 is 0 Å². The zero-order valence-electron chi connectivity index (χ0n) is 3.49. The number of rotatable bonds is 2. The van der Waals surface area contributed by atoms with E-state index in [0.717, 1.165) is 0 Å². The van der Waals surface area contributed by atoms with Gasteiger partial charge in [-0.1, -0.05) is 0 Å². The zero-order valence-corrected chi connectivity index (χ0v) is 4.25. The minimum Gasteiger partial charge on any atom is -0.312 e. The second-order valence-electron chi connectivity index (χ2n) is 0.885. The van der Waals surface area contributed by atoms with Gasteiger partial charge in [-0.2, -0.15) is 0 Å². The van der Waals surface area contributed by atoms with Crippen LogP contribution in [0.2, 0.25) is 0 Å². The van der Waals surface area contributed by atoms with Crippen molar-refractivity contribution >= 4 is 16.8 Å². The van der Waals surface area contributed by atoms with E-state index < -0.39 is 0 Å². The van der Waals surface area contributed by atoms with Gasteiger partial charge in [-0.25, -0.2) is 0 Å². The Morgan fingerprint density at radius 1 is 2.00 bits per heavy atom. The van der Waals surface area contributed by atoms with Crippen molar-refractivity contribution in [1.82, 2.24) is 5.32 Å². The monoisotopic (exact) mass is 107 g/mol. The lowest BCUT2D eigenvalue weighted by atomic mass is 10.7. The van der Waals surface area contributed by atoms with Crippen molar-refractivity contribution in [2.75, 3.05) is 13.6 Å². The number of hydrogen-bond donors (Lipinski definition) is 1. The maximum atomic E-state index is 9.75. The molecule has 0 aliphatic heterocycles. The van der Waals surface area contributed by atoms with Crippen LogP contribution in [-0.2, 0) is 4.79 Å². The number of carbonyl (C=O) groups is 1. The van der Waals surface area contributed by atoms with Gasteiger partial charge < -0.3 is 5.32 Å². The molecule has 36 valence electrons. The first-order valence-electron chi connectivity index (χ1n) is 1.60. The molecular formula is C3H6ClNO. The largest absolute Gasteiger partial charge is 0.312 e. The smallest absolute Gasteiger partial charge is 0.235 e. The molecule has 0 saturated heterocycles. The molecule has 0 spiro atoms. The van der Waals surface area contributed by atoms with Crippen molar-refractivity contribution in [1.29, 1.82) is 0 Å². The molecule has 0 aromatic rings. The Balaban J connectivity index is 2.83. The third-order valence-electron chi connectivity index (χ3n) is 0.316. The van der Waals surface area contributed by atoms with Gasteiger partial charge >= 0.3 is 0 Å². The summed E-state index contributed by atoms with van der Waals surface area (Å²) in [6.45, 7) is 0.252. The highest BCUT2D eigenvalue weighted by molar-refractivity contribution is 6.64. The van der Waals surface area contributed by atoms with Crippen molar-refractivity contribution in [3.63, 3.8) is 0 Å². The Morgan fingerprint density at radius 3 is 2.50 bits per heavy atom. The Bertz CT molecular complexity index is 54.8. The first-order chi connectivity index (χ1) is 2.77. The average molecular weight is 108 g/mol. The predicted octanol–water partition coefficient (Wildman–Crippen LogP) is -0.0288. The molecule has 0 unspecified atom stereocenters. The summed E-state index contributed by atoms with van der Waals surface area (Å²) in [6, 6.07) is 0. The van der Waals surface area contributed by atoms with Crippen LogP contribution in [0.1, 0.15) is 0 Å². The standard InChI is InChI=1S/C3H6ClNO/c1-5-2-3(4)6/h5H,2H2,1H3. The van der Waals surface area contributed by atoms with Crippen molar-refractivity contribution in [3.8, 4) is 0 Å². The molecule has 0 radical (unpaired) electrons. The molecule has 0 saturated carbocycles. The van der Waals surface area contributed by atoms with E-state index in [1.54, 1.807) is 7.05 Å². The van der Waals surface area contributed by atoms with E-state index in [0.29, 0.717) is 0 Å². The van der Waals surface area contributed by atoms with Crippen LogP contribution < -0.4 is 5.32 Å². The molecule has 3 heteroatoms. The number of halogens is 1. The highest BCUT2D eigenvalue weighted by atomic mass is 35.5. The van der Waals surface area contributed by atoms with E-state index in [9.17, 15) is 4.79 Å². The van der Waals surface area contributed by atoms with Gasteiger partial charge in [-0.15, -0.1) is 0 Å². The second-order valence-corrected chi connectivity index (χ2v) is 1.31. The highest BCUT2D eigenvalue weighted by Gasteiger charge is 1.85. The van der Waals surface area contributed by atoms with Gasteiger partial charge in [0.05, 0.1) is 6.54 Å². The van der Waals surface area contributed by atoms with E-state index in [4.69, 9.17) is 11.6 Å². The fraction of sp³-hybridized carbons (Fsp3) is 0.667. The average Bonchev–Trinajstić information content (AvgIpc) is 1.35. The number of carbonyl (C=O) groups excluding carboxylic acids is 1.